The van der Waals surface area contributed by atoms with Crippen molar-refractivity contribution in [2.24, 2.45) is 11.8 Å². The molecule has 0 N–H and O–H groups in total. The van der Waals surface area contributed by atoms with Crippen LogP contribution in [0.3, 0.4) is 0 Å². The van der Waals surface area contributed by atoms with Crippen LogP contribution in [0.1, 0.15) is 39.0 Å². The Kier molecular flexibility index (Phi) is 5.16. The molecule has 0 aromatic heterocycles. The van der Waals surface area contributed by atoms with Gasteiger partial charge in [-0.05, 0) is 44.4 Å². The fourth-order valence-corrected chi connectivity index (χ4v) is 2.71. The van der Waals surface area contributed by atoms with Crippen molar-refractivity contribution >= 4 is 29.9 Å². The van der Waals surface area contributed by atoms with E-state index in [2.05, 4.69) is 6.08 Å². The van der Waals surface area contributed by atoms with Gasteiger partial charge in [0.25, 0.3) is 0 Å². The minimum atomic E-state index is -0.0452. The molecule has 2 rings (SSSR count). The Hall–Kier alpha value is 0.00870. The first-order valence-corrected chi connectivity index (χ1v) is 5.65. The van der Waals surface area contributed by atoms with Crippen LogP contribution in [-0.2, 0) is 9.53 Å². The molecular weight excluding hydrogens is 295 g/mol. The van der Waals surface area contributed by atoms with Crippen molar-refractivity contribution < 1.29 is 9.53 Å². The van der Waals surface area contributed by atoms with E-state index in [0.29, 0.717) is 13.0 Å². The second-order valence-corrected chi connectivity index (χ2v) is 4.32. The molecule has 0 aromatic rings. The van der Waals surface area contributed by atoms with Crippen LogP contribution in [0, 0.1) is 11.8 Å². The number of carbonyl (C=O) groups is 1. The number of esters is 1. The number of carbonyl (C=O) groups excluding carboxylic acids is 1. The van der Waals surface area contributed by atoms with E-state index in [0.717, 1.165) is 18.3 Å². The molecule has 82 valence electrons. The molecule has 2 aliphatic rings. The van der Waals surface area contributed by atoms with Crippen LogP contribution in [-0.4, -0.2) is 36.5 Å². The molecule has 2 bridgehead atoms. The summed E-state index contributed by atoms with van der Waals surface area (Å²) in [5, 5.41) is 0. The average Bonchev–Trinajstić information content (AvgIpc) is 2.76. The van der Waals surface area contributed by atoms with Gasteiger partial charge in [0.2, 0.25) is 0 Å². The first-order valence-electron chi connectivity index (χ1n) is 5.65. The van der Waals surface area contributed by atoms with E-state index >= 15 is 0 Å². The molecule has 0 aromatic carbocycles. The number of rotatable bonds is 4. The van der Waals surface area contributed by atoms with E-state index in [4.69, 9.17) is 4.74 Å². The van der Waals surface area contributed by atoms with Gasteiger partial charge in [-0.2, -0.15) is 0 Å². The van der Waals surface area contributed by atoms with Crippen LogP contribution in [0.15, 0.2) is 11.6 Å². The van der Waals surface area contributed by atoms with Crippen molar-refractivity contribution in [2.75, 3.05) is 6.61 Å². The van der Waals surface area contributed by atoms with E-state index in [1.54, 1.807) is 0 Å². The van der Waals surface area contributed by atoms with Gasteiger partial charge >= 0.3 is 5.97 Å². The van der Waals surface area contributed by atoms with Gasteiger partial charge in [-0.15, -0.1) is 0 Å². The summed E-state index contributed by atoms with van der Waals surface area (Å²) < 4.78 is 4.92. The zero-order valence-electron chi connectivity index (χ0n) is 9.29. The molecule has 2 unspecified atom stereocenters. The molecule has 0 spiro atoms. The SMILES string of the molecule is CCOC(=O)CCC1=CC2CCC1C2.[Sn]. The first kappa shape index (κ1) is 13.1. The molecule has 15 heavy (non-hydrogen) atoms. The Labute approximate surface area is 108 Å². The Morgan fingerprint density at radius 1 is 1.53 bits per heavy atom. The second-order valence-electron chi connectivity index (χ2n) is 4.32. The standard InChI is InChI=1S/C12H18O2.Sn/c1-2-14-12(13)6-5-11-8-9-3-4-10(11)7-9;/h8-10H,2-7H2,1H3;. The Bertz CT molecular complexity index is 260. The molecule has 2 atom stereocenters. The van der Waals surface area contributed by atoms with E-state index in [1.807, 2.05) is 6.92 Å². The monoisotopic (exact) mass is 314 g/mol. The number of hydrogen-bond acceptors (Lipinski definition) is 2. The van der Waals surface area contributed by atoms with Gasteiger partial charge in [0.15, 0.2) is 0 Å². The third-order valence-corrected chi connectivity index (χ3v) is 3.37. The van der Waals surface area contributed by atoms with Gasteiger partial charge in [-0.25, -0.2) is 0 Å². The quantitative estimate of drug-likeness (QED) is 0.452. The van der Waals surface area contributed by atoms with E-state index in [9.17, 15) is 4.79 Å². The van der Waals surface area contributed by atoms with Crippen LogP contribution in [0.2, 0.25) is 0 Å². The number of fused-ring (bicyclic) bond motifs is 2. The minimum Gasteiger partial charge on any atom is -0.466 e. The summed E-state index contributed by atoms with van der Waals surface area (Å²) in [6, 6.07) is 0. The molecule has 3 heteroatoms. The summed E-state index contributed by atoms with van der Waals surface area (Å²) in [4.78, 5) is 11.2. The van der Waals surface area contributed by atoms with Crippen LogP contribution in [0.25, 0.3) is 0 Å². The predicted molar refractivity (Wildman–Crippen MR) is 60.5 cm³/mol. The van der Waals surface area contributed by atoms with Crippen molar-refractivity contribution in [3.63, 3.8) is 0 Å². The molecule has 0 amide bonds. The maximum atomic E-state index is 11.2. The summed E-state index contributed by atoms with van der Waals surface area (Å²) in [5.41, 5.74) is 1.52. The number of ether oxygens (including phenoxy) is 1. The molecule has 1 saturated carbocycles. The third kappa shape index (κ3) is 3.23. The summed E-state index contributed by atoms with van der Waals surface area (Å²) in [5.74, 6) is 1.59. The Balaban J connectivity index is 0.00000112. The molecule has 0 aliphatic heterocycles. The molecule has 4 radical (unpaired) electrons. The van der Waals surface area contributed by atoms with Crippen LogP contribution >= 0.6 is 0 Å². The average molecular weight is 313 g/mol. The van der Waals surface area contributed by atoms with Crippen molar-refractivity contribution in [3.8, 4) is 0 Å². The fraction of sp³-hybridized carbons (Fsp3) is 0.750. The summed E-state index contributed by atoms with van der Waals surface area (Å²) in [6.07, 6.45) is 7.96. The molecule has 2 nitrogen and oxygen atoms in total. The second kappa shape index (κ2) is 5.92. The maximum absolute atomic E-state index is 11.2. The van der Waals surface area contributed by atoms with E-state index in [-0.39, 0.29) is 29.9 Å². The van der Waals surface area contributed by atoms with Crippen LogP contribution in [0.5, 0.6) is 0 Å². The van der Waals surface area contributed by atoms with Crippen molar-refractivity contribution in [1.82, 2.24) is 0 Å². The first-order chi connectivity index (χ1) is 6.79. The Morgan fingerprint density at radius 2 is 2.33 bits per heavy atom. The molecule has 0 heterocycles. The number of hydrogen-bond donors (Lipinski definition) is 0. The van der Waals surface area contributed by atoms with Crippen molar-refractivity contribution in [1.29, 1.82) is 0 Å². The summed E-state index contributed by atoms with van der Waals surface area (Å²) >= 11 is 0. The zero-order valence-corrected chi connectivity index (χ0v) is 12.1. The fourth-order valence-electron chi connectivity index (χ4n) is 2.71. The van der Waals surface area contributed by atoms with Gasteiger partial charge in [0.1, 0.15) is 0 Å². The zero-order chi connectivity index (χ0) is 9.97. The normalized spacial score (nSPS) is 27.1. The van der Waals surface area contributed by atoms with E-state index < -0.39 is 0 Å². The van der Waals surface area contributed by atoms with Gasteiger partial charge < -0.3 is 4.74 Å². The van der Waals surface area contributed by atoms with Crippen molar-refractivity contribution in [2.45, 2.75) is 39.0 Å². The van der Waals surface area contributed by atoms with Gasteiger partial charge in [-0.1, -0.05) is 11.6 Å². The van der Waals surface area contributed by atoms with E-state index in [1.165, 1.54) is 24.8 Å². The van der Waals surface area contributed by atoms with Crippen molar-refractivity contribution in [3.05, 3.63) is 11.6 Å². The third-order valence-electron chi connectivity index (χ3n) is 3.37. The topological polar surface area (TPSA) is 26.3 Å². The largest absolute Gasteiger partial charge is 0.466 e. The van der Waals surface area contributed by atoms with Gasteiger partial charge in [-0.3, -0.25) is 4.79 Å². The van der Waals surface area contributed by atoms with Crippen LogP contribution in [0.4, 0.5) is 0 Å². The molecule has 1 fully saturated rings. The maximum Gasteiger partial charge on any atom is 0.306 e. The van der Waals surface area contributed by atoms with Crippen LogP contribution < -0.4 is 0 Å². The smallest absolute Gasteiger partial charge is 0.306 e. The van der Waals surface area contributed by atoms with Gasteiger partial charge in [0, 0.05) is 30.3 Å². The molecule has 0 saturated heterocycles. The Morgan fingerprint density at radius 3 is 2.87 bits per heavy atom. The van der Waals surface area contributed by atoms with Gasteiger partial charge in [0.05, 0.1) is 6.61 Å². The molecule has 2 aliphatic carbocycles. The molecular formula is C12H18O2Sn. The summed E-state index contributed by atoms with van der Waals surface area (Å²) in [6.45, 7) is 2.36. The number of allylic oxidation sites excluding steroid dienone is 2. The minimum absolute atomic E-state index is 0. The predicted octanol–water partition coefficient (Wildman–Crippen LogP) is 2.31. The summed E-state index contributed by atoms with van der Waals surface area (Å²) in [7, 11) is 0.